The van der Waals surface area contributed by atoms with E-state index in [1.165, 1.54) is 16.8 Å². The fourth-order valence-corrected chi connectivity index (χ4v) is 2.39. The summed E-state index contributed by atoms with van der Waals surface area (Å²) in [6.45, 7) is 2.13. The summed E-state index contributed by atoms with van der Waals surface area (Å²) >= 11 is 6.07. The minimum atomic E-state index is -0.281. The molecule has 0 radical (unpaired) electrons. The summed E-state index contributed by atoms with van der Waals surface area (Å²) in [5.74, 6) is 0.619. The van der Waals surface area contributed by atoms with Crippen LogP contribution in [0.4, 0.5) is 10.3 Å². The zero-order chi connectivity index (χ0) is 17.8. The Labute approximate surface area is 149 Å². The first-order valence-electron chi connectivity index (χ1n) is 7.54. The van der Waals surface area contributed by atoms with Crippen LogP contribution in [-0.2, 0) is 6.61 Å². The molecule has 5 nitrogen and oxygen atoms in total. The number of hydrogen-bond donors (Lipinski definition) is 1. The van der Waals surface area contributed by atoms with Crippen LogP contribution < -0.4 is 10.5 Å². The first kappa shape index (κ1) is 17.0. The molecule has 128 valence electrons. The number of rotatable bonds is 5. The highest BCUT2D eigenvalue weighted by Gasteiger charge is 2.05. The number of nitrogen functional groups attached to an aromatic ring is 1. The minimum Gasteiger partial charge on any atom is -0.488 e. The van der Waals surface area contributed by atoms with E-state index in [-0.39, 0.29) is 5.82 Å². The van der Waals surface area contributed by atoms with E-state index in [9.17, 15) is 4.39 Å². The molecule has 0 aliphatic rings. The fraction of sp³-hybridized carbons (Fsp3) is 0.111. The van der Waals surface area contributed by atoms with Crippen molar-refractivity contribution in [1.82, 2.24) is 9.66 Å². The molecule has 0 bridgehead atoms. The zero-order valence-corrected chi connectivity index (χ0v) is 14.2. The van der Waals surface area contributed by atoms with Gasteiger partial charge < -0.3 is 10.5 Å². The van der Waals surface area contributed by atoms with E-state index in [2.05, 4.69) is 10.1 Å². The number of aromatic nitrogens is 2. The van der Waals surface area contributed by atoms with Gasteiger partial charge in [-0.25, -0.2) is 14.1 Å². The highest BCUT2D eigenvalue weighted by atomic mass is 35.5. The summed E-state index contributed by atoms with van der Waals surface area (Å²) in [6.07, 6.45) is 3.32. The molecule has 1 heterocycles. The van der Waals surface area contributed by atoms with Gasteiger partial charge in [0.1, 0.15) is 18.2 Å². The summed E-state index contributed by atoms with van der Waals surface area (Å²) < 4.78 is 20.2. The van der Waals surface area contributed by atoms with Gasteiger partial charge in [0.15, 0.2) is 0 Å². The Kier molecular flexibility index (Phi) is 5.00. The zero-order valence-electron chi connectivity index (χ0n) is 13.5. The number of hydrogen-bond acceptors (Lipinski definition) is 4. The molecule has 0 unspecified atom stereocenters. The summed E-state index contributed by atoms with van der Waals surface area (Å²) in [5, 5.41) is 4.84. The van der Waals surface area contributed by atoms with Crippen molar-refractivity contribution < 1.29 is 9.13 Å². The van der Waals surface area contributed by atoms with Gasteiger partial charge in [-0.2, -0.15) is 5.10 Å². The first-order chi connectivity index (χ1) is 12.0. The van der Waals surface area contributed by atoms with Crippen LogP contribution in [0.5, 0.6) is 5.75 Å². The van der Waals surface area contributed by atoms with Crippen molar-refractivity contribution in [1.29, 1.82) is 0 Å². The van der Waals surface area contributed by atoms with Crippen molar-refractivity contribution in [2.75, 3.05) is 5.73 Å². The second kappa shape index (κ2) is 7.36. The third kappa shape index (κ3) is 4.36. The van der Waals surface area contributed by atoms with Crippen LogP contribution in [0.15, 0.2) is 53.8 Å². The maximum atomic E-state index is 13.0. The number of aryl methyl sites for hydroxylation is 1. The normalized spacial score (nSPS) is 11.2. The second-order valence-corrected chi connectivity index (χ2v) is 5.86. The summed E-state index contributed by atoms with van der Waals surface area (Å²) in [5.41, 5.74) is 8.09. The number of imidazole rings is 1. The highest BCUT2D eigenvalue weighted by Crippen LogP contribution is 2.23. The quantitative estimate of drug-likeness (QED) is 0.700. The summed E-state index contributed by atoms with van der Waals surface area (Å²) in [7, 11) is 0. The molecule has 3 rings (SSSR count). The third-order valence-corrected chi connectivity index (χ3v) is 3.67. The summed E-state index contributed by atoms with van der Waals surface area (Å²) in [6, 6.07) is 11.4. The summed E-state index contributed by atoms with van der Waals surface area (Å²) in [4.78, 5) is 4.09. The molecular weight excluding hydrogens is 343 g/mol. The van der Waals surface area contributed by atoms with Crippen LogP contribution in [0.3, 0.4) is 0 Å². The number of nitrogens with zero attached hydrogens (tertiary/aromatic N) is 3. The number of benzene rings is 2. The van der Waals surface area contributed by atoms with Crippen LogP contribution in [0.25, 0.3) is 0 Å². The van der Waals surface area contributed by atoms with E-state index in [1.54, 1.807) is 42.7 Å². The van der Waals surface area contributed by atoms with Gasteiger partial charge in [0.2, 0.25) is 5.95 Å². The molecule has 0 saturated carbocycles. The lowest BCUT2D eigenvalue weighted by Crippen LogP contribution is -2.00. The lowest BCUT2D eigenvalue weighted by molar-refractivity contribution is 0.305. The van der Waals surface area contributed by atoms with Gasteiger partial charge in [-0.05, 0) is 42.8 Å². The van der Waals surface area contributed by atoms with E-state index in [1.807, 2.05) is 6.92 Å². The Hall–Kier alpha value is -2.86. The molecule has 25 heavy (non-hydrogen) atoms. The lowest BCUT2D eigenvalue weighted by Gasteiger charge is -2.09. The molecule has 2 aromatic carbocycles. The van der Waals surface area contributed by atoms with Crippen molar-refractivity contribution in [3.8, 4) is 5.75 Å². The molecule has 0 amide bonds. The Morgan fingerprint density at radius 1 is 1.28 bits per heavy atom. The predicted molar refractivity (Wildman–Crippen MR) is 96.6 cm³/mol. The smallest absolute Gasteiger partial charge is 0.221 e. The van der Waals surface area contributed by atoms with E-state index in [4.69, 9.17) is 22.1 Å². The molecule has 0 atom stereocenters. The van der Waals surface area contributed by atoms with Crippen molar-refractivity contribution in [3.05, 3.63) is 76.3 Å². The lowest BCUT2D eigenvalue weighted by atomic mass is 10.2. The van der Waals surface area contributed by atoms with E-state index in [0.29, 0.717) is 28.9 Å². The van der Waals surface area contributed by atoms with Crippen molar-refractivity contribution >= 4 is 23.8 Å². The number of anilines is 1. The standard InChI is InChI=1S/C18H16ClFN4O/c1-12-10-24(18(21)23-12)22-9-14-8-15(19)4-7-17(14)25-11-13-2-5-16(20)6-3-13/h2-10H,11H2,1H3,(H2,21,23). The second-order valence-electron chi connectivity index (χ2n) is 5.43. The maximum Gasteiger partial charge on any atom is 0.221 e. The van der Waals surface area contributed by atoms with Crippen LogP contribution in [0.1, 0.15) is 16.8 Å². The number of halogens is 2. The molecule has 7 heteroatoms. The molecule has 0 fully saturated rings. The minimum absolute atomic E-state index is 0.281. The Balaban J connectivity index is 1.80. The average molecular weight is 359 g/mol. The molecule has 2 N–H and O–H groups in total. The van der Waals surface area contributed by atoms with Gasteiger partial charge in [-0.1, -0.05) is 23.7 Å². The van der Waals surface area contributed by atoms with Gasteiger partial charge >= 0.3 is 0 Å². The average Bonchev–Trinajstić information content (AvgIpc) is 2.91. The van der Waals surface area contributed by atoms with Crippen LogP contribution in [0, 0.1) is 12.7 Å². The van der Waals surface area contributed by atoms with Crippen LogP contribution >= 0.6 is 11.6 Å². The third-order valence-electron chi connectivity index (χ3n) is 3.44. The molecule has 0 spiro atoms. The van der Waals surface area contributed by atoms with Gasteiger partial charge in [-0.3, -0.25) is 0 Å². The molecule has 0 saturated heterocycles. The predicted octanol–water partition coefficient (Wildman–Crippen LogP) is 4.03. The van der Waals surface area contributed by atoms with Crippen LogP contribution in [0.2, 0.25) is 5.02 Å². The Bertz CT molecular complexity index is 906. The number of ether oxygens (including phenoxy) is 1. The van der Waals surface area contributed by atoms with Gasteiger partial charge in [0.05, 0.1) is 18.1 Å². The molecule has 3 aromatic rings. The molecule has 0 aliphatic heterocycles. The Morgan fingerprint density at radius 3 is 2.72 bits per heavy atom. The van der Waals surface area contributed by atoms with Gasteiger partial charge in [0, 0.05) is 10.6 Å². The van der Waals surface area contributed by atoms with Crippen LogP contribution in [-0.4, -0.2) is 15.9 Å². The van der Waals surface area contributed by atoms with Crippen molar-refractivity contribution in [2.24, 2.45) is 5.10 Å². The van der Waals surface area contributed by atoms with Crippen molar-refractivity contribution in [2.45, 2.75) is 13.5 Å². The Morgan fingerprint density at radius 2 is 2.04 bits per heavy atom. The molecular formula is C18H16ClFN4O. The van der Waals surface area contributed by atoms with Gasteiger partial charge in [0.25, 0.3) is 0 Å². The monoisotopic (exact) mass is 358 g/mol. The van der Waals surface area contributed by atoms with E-state index in [0.717, 1.165) is 11.3 Å². The fourth-order valence-electron chi connectivity index (χ4n) is 2.21. The first-order valence-corrected chi connectivity index (χ1v) is 7.91. The van der Waals surface area contributed by atoms with Gasteiger partial charge in [-0.15, -0.1) is 0 Å². The largest absolute Gasteiger partial charge is 0.488 e. The van der Waals surface area contributed by atoms with E-state index < -0.39 is 0 Å². The number of nitrogens with two attached hydrogens (primary N) is 1. The molecule has 0 aliphatic carbocycles. The topological polar surface area (TPSA) is 65.4 Å². The highest BCUT2D eigenvalue weighted by molar-refractivity contribution is 6.30. The van der Waals surface area contributed by atoms with Crippen molar-refractivity contribution in [3.63, 3.8) is 0 Å². The molecule has 1 aromatic heterocycles. The SMILES string of the molecule is Cc1cn(N=Cc2cc(Cl)ccc2OCc2ccc(F)cc2)c(N)n1. The van der Waals surface area contributed by atoms with E-state index >= 15 is 0 Å². The maximum absolute atomic E-state index is 13.0.